The molecule has 7 heteroatoms. The summed E-state index contributed by atoms with van der Waals surface area (Å²) in [5.41, 5.74) is 2.76. The number of hydrogen-bond acceptors (Lipinski definition) is 5. The van der Waals surface area contributed by atoms with Gasteiger partial charge in [-0.05, 0) is 42.7 Å². The van der Waals surface area contributed by atoms with E-state index in [1.807, 2.05) is 18.2 Å². The molecular formula is C23H24BrNO5. The Hall–Kier alpha value is -2.67. The monoisotopic (exact) mass is 473 g/mol. The fraction of sp³-hybridized carbons (Fsp3) is 0.348. The average Bonchev–Trinajstić information content (AvgIpc) is 2.76. The second-order valence-corrected chi connectivity index (χ2v) is 8.09. The summed E-state index contributed by atoms with van der Waals surface area (Å²) >= 11 is 3.33. The number of hydrogen-bond donors (Lipinski definition) is 0. The predicted molar refractivity (Wildman–Crippen MR) is 115 cm³/mol. The molecule has 0 N–H and O–H groups in total. The van der Waals surface area contributed by atoms with Gasteiger partial charge in [0.05, 0.1) is 19.1 Å². The van der Waals surface area contributed by atoms with Crippen LogP contribution in [0.2, 0.25) is 0 Å². The Bertz CT molecular complexity index is 958. The SMILES string of the molecule is COc1ccc(Br)cc1C(=O)CCC(=O)OC(C)C(=O)N1CCc2ccccc2C1. The molecule has 3 rings (SSSR count). The molecule has 2 aromatic carbocycles. The van der Waals surface area contributed by atoms with E-state index in [1.165, 1.54) is 12.7 Å². The Morgan fingerprint density at radius 3 is 2.57 bits per heavy atom. The zero-order chi connectivity index (χ0) is 21.7. The van der Waals surface area contributed by atoms with Crippen LogP contribution in [-0.2, 0) is 27.3 Å². The van der Waals surface area contributed by atoms with Crippen molar-refractivity contribution in [3.05, 3.63) is 63.6 Å². The van der Waals surface area contributed by atoms with Gasteiger partial charge in [-0.3, -0.25) is 14.4 Å². The number of ether oxygens (including phenoxy) is 2. The van der Waals surface area contributed by atoms with Gasteiger partial charge >= 0.3 is 5.97 Å². The number of carbonyl (C=O) groups is 3. The van der Waals surface area contributed by atoms with Crippen molar-refractivity contribution in [3.8, 4) is 5.75 Å². The summed E-state index contributed by atoms with van der Waals surface area (Å²) in [5, 5.41) is 0. The van der Waals surface area contributed by atoms with Crippen LogP contribution >= 0.6 is 15.9 Å². The highest BCUT2D eigenvalue weighted by Gasteiger charge is 2.27. The number of Topliss-reactive ketones (excluding diaryl/α,β-unsaturated/α-hetero) is 1. The molecule has 1 heterocycles. The fourth-order valence-electron chi connectivity index (χ4n) is 3.50. The third kappa shape index (κ3) is 5.27. The van der Waals surface area contributed by atoms with Gasteiger partial charge in [-0.15, -0.1) is 0 Å². The summed E-state index contributed by atoms with van der Waals surface area (Å²) in [6, 6.07) is 13.1. The zero-order valence-corrected chi connectivity index (χ0v) is 18.6. The third-order valence-corrected chi connectivity index (χ3v) is 5.61. The zero-order valence-electron chi connectivity index (χ0n) is 17.0. The smallest absolute Gasteiger partial charge is 0.307 e. The van der Waals surface area contributed by atoms with E-state index in [1.54, 1.807) is 30.0 Å². The molecule has 30 heavy (non-hydrogen) atoms. The van der Waals surface area contributed by atoms with Crippen molar-refractivity contribution in [1.29, 1.82) is 0 Å². The first-order valence-corrected chi connectivity index (χ1v) is 10.6. The second kappa shape index (κ2) is 9.89. The number of rotatable bonds is 7. The van der Waals surface area contributed by atoms with Crippen molar-refractivity contribution in [1.82, 2.24) is 4.90 Å². The van der Waals surface area contributed by atoms with Gasteiger partial charge in [-0.1, -0.05) is 40.2 Å². The first-order chi connectivity index (χ1) is 14.4. The minimum absolute atomic E-state index is 0.0242. The molecular weight excluding hydrogens is 450 g/mol. The number of ketones is 1. The lowest BCUT2D eigenvalue weighted by atomic mass is 9.99. The molecule has 0 saturated carbocycles. The predicted octanol–water partition coefficient (Wildman–Crippen LogP) is 3.94. The Balaban J connectivity index is 1.52. The van der Waals surface area contributed by atoms with Gasteiger partial charge < -0.3 is 14.4 Å². The van der Waals surface area contributed by atoms with Crippen LogP contribution in [0.3, 0.4) is 0 Å². The van der Waals surface area contributed by atoms with E-state index >= 15 is 0 Å². The molecule has 1 aliphatic heterocycles. The molecule has 0 aromatic heterocycles. The first-order valence-electron chi connectivity index (χ1n) is 9.81. The number of halogens is 1. The minimum atomic E-state index is -0.890. The van der Waals surface area contributed by atoms with E-state index in [0.717, 1.165) is 16.5 Å². The van der Waals surface area contributed by atoms with Crippen LogP contribution < -0.4 is 4.74 Å². The molecule has 0 radical (unpaired) electrons. The van der Waals surface area contributed by atoms with Crippen molar-refractivity contribution in [3.63, 3.8) is 0 Å². The standard InChI is InChI=1S/C23H24BrNO5/c1-15(23(28)25-12-11-16-5-3-4-6-17(16)14-25)30-22(27)10-8-20(26)19-13-18(24)7-9-21(19)29-2/h3-7,9,13,15H,8,10-12,14H2,1-2H3. The van der Waals surface area contributed by atoms with E-state index in [9.17, 15) is 14.4 Å². The highest BCUT2D eigenvalue weighted by molar-refractivity contribution is 9.10. The number of benzene rings is 2. The van der Waals surface area contributed by atoms with Gasteiger partial charge in [-0.2, -0.15) is 0 Å². The Labute approximate surface area is 184 Å². The Morgan fingerprint density at radius 1 is 1.10 bits per heavy atom. The van der Waals surface area contributed by atoms with Crippen molar-refractivity contribution in [2.75, 3.05) is 13.7 Å². The average molecular weight is 474 g/mol. The van der Waals surface area contributed by atoms with E-state index in [4.69, 9.17) is 9.47 Å². The van der Waals surface area contributed by atoms with Gasteiger partial charge in [0.25, 0.3) is 5.91 Å². The fourth-order valence-corrected chi connectivity index (χ4v) is 3.86. The van der Waals surface area contributed by atoms with Gasteiger partial charge in [-0.25, -0.2) is 0 Å². The van der Waals surface area contributed by atoms with E-state index in [0.29, 0.717) is 24.4 Å². The molecule has 1 unspecified atom stereocenters. The molecule has 6 nitrogen and oxygen atoms in total. The maximum atomic E-state index is 12.7. The molecule has 1 atom stereocenters. The molecule has 0 bridgehead atoms. The van der Waals surface area contributed by atoms with Crippen molar-refractivity contribution >= 4 is 33.6 Å². The summed E-state index contributed by atoms with van der Waals surface area (Å²) < 4.78 is 11.3. The first kappa shape index (κ1) is 22.0. The molecule has 0 saturated heterocycles. The maximum Gasteiger partial charge on any atom is 0.307 e. The summed E-state index contributed by atoms with van der Waals surface area (Å²) in [6.45, 7) is 2.68. The van der Waals surface area contributed by atoms with Crippen molar-refractivity contribution < 1.29 is 23.9 Å². The maximum absolute atomic E-state index is 12.7. The van der Waals surface area contributed by atoms with Crippen LogP contribution in [-0.4, -0.2) is 42.3 Å². The highest BCUT2D eigenvalue weighted by Crippen LogP contribution is 2.25. The number of esters is 1. The molecule has 0 aliphatic carbocycles. The third-order valence-electron chi connectivity index (χ3n) is 5.12. The van der Waals surface area contributed by atoms with Gasteiger partial charge in [0, 0.05) is 24.0 Å². The van der Waals surface area contributed by atoms with Gasteiger partial charge in [0.15, 0.2) is 11.9 Å². The Morgan fingerprint density at radius 2 is 1.83 bits per heavy atom. The second-order valence-electron chi connectivity index (χ2n) is 7.18. The number of amides is 1. The largest absolute Gasteiger partial charge is 0.496 e. The van der Waals surface area contributed by atoms with Crippen molar-refractivity contribution in [2.45, 2.75) is 38.8 Å². The molecule has 2 aromatic rings. The molecule has 158 valence electrons. The molecule has 1 amide bonds. The summed E-state index contributed by atoms with van der Waals surface area (Å²) in [5.74, 6) is -0.573. The normalized spacial score (nSPS) is 13.9. The van der Waals surface area contributed by atoms with E-state index < -0.39 is 12.1 Å². The highest BCUT2D eigenvalue weighted by atomic mass is 79.9. The molecule has 1 aliphatic rings. The van der Waals surface area contributed by atoms with Crippen LogP contribution in [0.1, 0.15) is 41.3 Å². The lowest BCUT2D eigenvalue weighted by Crippen LogP contribution is -2.42. The van der Waals surface area contributed by atoms with Crippen LogP contribution in [0.4, 0.5) is 0 Å². The lowest BCUT2D eigenvalue weighted by Gasteiger charge is -2.30. The Kier molecular flexibility index (Phi) is 7.26. The van der Waals surface area contributed by atoms with Crippen LogP contribution in [0.25, 0.3) is 0 Å². The van der Waals surface area contributed by atoms with Gasteiger partial charge in [0.1, 0.15) is 5.75 Å². The number of methoxy groups -OCH3 is 1. The summed E-state index contributed by atoms with van der Waals surface area (Å²) in [7, 11) is 1.49. The topological polar surface area (TPSA) is 72.9 Å². The number of fused-ring (bicyclic) bond motifs is 1. The number of nitrogens with zero attached hydrogens (tertiary/aromatic N) is 1. The lowest BCUT2D eigenvalue weighted by molar-refractivity contribution is -0.159. The quantitative estimate of drug-likeness (QED) is 0.449. The van der Waals surface area contributed by atoms with E-state index in [-0.39, 0.29) is 24.5 Å². The van der Waals surface area contributed by atoms with E-state index in [2.05, 4.69) is 22.0 Å². The van der Waals surface area contributed by atoms with Crippen molar-refractivity contribution in [2.24, 2.45) is 0 Å². The van der Waals surface area contributed by atoms with Gasteiger partial charge in [0.2, 0.25) is 0 Å². The molecule has 0 spiro atoms. The number of carbonyl (C=O) groups excluding carboxylic acids is 3. The molecule has 0 fully saturated rings. The summed E-state index contributed by atoms with van der Waals surface area (Å²) in [6.07, 6.45) is -0.234. The van der Waals surface area contributed by atoms with Crippen LogP contribution in [0.15, 0.2) is 46.9 Å². The van der Waals surface area contributed by atoms with Crippen LogP contribution in [0.5, 0.6) is 5.75 Å². The summed E-state index contributed by atoms with van der Waals surface area (Å²) in [4.78, 5) is 39.1. The minimum Gasteiger partial charge on any atom is -0.496 e. The van der Waals surface area contributed by atoms with Crippen LogP contribution in [0, 0.1) is 0 Å².